The van der Waals surface area contributed by atoms with E-state index in [1.807, 2.05) is 0 Å². The van der Waals surface area contributed by atoms with Gasteiger partial charge < -0.3 is 0 Å². The normalized spacial score (nSPS) is 11.6. The predicted octanol–water partition coefficient (Wildman–Crippen LogP) is 6.32. The predicted molar refractivity (Wildman–Crippen MR) is 106 cm³/mol. The van der Waals surface area contributed by atoms with Gasteiger partial charge in [-0.25, -0.2) is 0 Å². The van der Waals surface area contributed by atoms with Gasteiger partial charge in [0.15, 0.2) is 0 Å². The van der Waals surface area contributed by atoms with Crippen molar-refractivity contribution in [2.24, 2.45) is 0 Å². The second-order valence-electron chi connectivity index (χ2n) is 4.86. The van der Waals surface area contributed by atoms with Gasteiger partial charge in [-0.3, -0.25) is 0 Å². The molecule has 0 aliphatic heterocycles. The van der Waals surface area contributed by atoms with Crippen LogP contribution in [0.5, 0.6) is 0 Å². The summed E-state index contributed by atoms with van der Waals surface area (Å²) in [5, 5.41) is 1.86. The molecule has 0 bridgehead atoms. The Labute approximate surface area is 159 Å². The average Bonchev–Trinajstić information content (AvgIpc) is 2.48. The maximum absolute atomic E-state index is 3.72. The van der Waals surface area contributed by atoms with Crippen LogP contribution in [0.25, 0.3) is 0 Å². The fourth-order valence-electron chi connectivity index (χ4n) is 2.18. The summed E-state index contributed by atoms with van der Waals surface area (Å²) in [6, 6.07) is 17.4. The Hall–Kier alpha value is 0.610. The van der Waals surface area contributed by atoms with E-state index in [4.69, 9.17) is 0 Å². The molecule has 0 saturated heterocycles. The zero-order valence-electron chi connectivity index (χ0n) is 10.8. The molecule has 0 amide bonds. The lowest BCUT2D eigenvalue weighted by Gasteiger charge is -2.31. The quantitative estimate of drug-likeness (QED) is 0.290. The van der Waals surface area contributed by atoms with Crippen LogP contribution in [0.2, 0.25) is 0 Å². The molecule has 2 rings (SSSR count). The zero-order valence-corrected chi connectivity index (χ0v) is 17.7. The maximum Gasteiger partial charge on any atom is 0.0187 e. The number of hydrogen-bond donors (Lipinski definition) is 0. The highest BCUT2D eigenvalue weighted by molar-refractivity contribution is 14.1. The molecule has 0 radical (unpaired) electrons. The van der Waals surface area contributed by atoms with Gasteiger partial charge in [0.05, 0.1) is 0 Å². The molecule has 20 heavy (non-hydrogen) atoms. The highest BCUT2D eigenvalue weighted by Gasteiger charge is 2.30. The lowest BCUT2D eigenvalue weighted by molar-refractivity contribution is 0.551. The minimum Gasteiger partial charge on any atom is -0.0918 e. The van der Waals surface area contributed by atoms with Crippen LogP contribution in [0.1, 0.15) is 11.1 Å². The molecule has 2 aromatic rings. The summed E-state index contributed by atoms with van der Waals surface area (Å²) in [5.41, 5.74) is 2.80. The molecule has 0 atom stereocenters. The van der Waals surface area contributed by atoms with Gasteiger partial charge in [-0.05, 0) is 64.4 Å². The van der Waals surface area contributed by atoms with Crippen LogP contribution >= 0.6 is 70.4 Å². The number of rotatable bonds is 5. The van der Waals surface area contributed by atoms with E-state index in [-0.39, 0.29) is 5.41 Å². The van der Waals surface area contributed by atoms with Crippen LogP contribution in [-0.2, 0) is 11.8 Å². The molecular weight excluding hydrogens is 559 g/mol. The van der Waals surface area contributed by atoms with Gasteiger partial charge in [0.2, 0.25) is 0 Å². The van der Waals surface area contributed by atoms with Crippen LogP contribution < -0.4 is 0 Å². The average molecular weight is 573 g/mol. The van der Waals surface area contributed by atoms with E-state index in [0.29, 0.717) is 0 Å². The molecule has 0 aliphatic rings. The lowest BCUT2D eigenvalue weighted by Crippen LogP contribution is -2.32. The maximum atomic E-state index is 3.72. The Bertz CT molecular complexity index is 545. The third kappa shape index (κ3) is 4.08. The van der Waals surface area contributed by atoms with Crippen LogP contribution in [-0.4, -0.2) is 10.7 Å². The summed E-state index contributed by atoms with van der Waals surface area (Å²) >= 11 is 13.3. The van der Waals surface area contributed by atoms with E-state index >= 15 is 0 Å². The second-order valence-corrected chi connectivity index (χ2v) is 8.14. The Morgan fingerprint density at radius 2 is 1.40 bits per heavy atom. The van der Waals surface area contributed by atoms with E-state index in [1.54, 1.807) is 0 Å². The lowest BCUT2D eigenvalue weighted by atomic mass is 9.79. The van der Waals surface area contributed by atoms with Crippen LogP contribution in [0, 0.1) is 3.57 Å². The van der Waals surface area contributed by atoms with Crippen molar-refractivity contribution in [1.82, 2.24) is 0 Å². The summed E-state index contributed by atoms with van der Waals surface area (Å²) in [4.78, 5) is 0. The first-order chi connectivity index (χ1) is 9.59. The summed E-state index contributed by atoms with van der Waals surface area (Å²) in [6.07, 6.45) is 1.02. The van der Waals surface area contributed by atoms with Crippen molar-refractivity contribution in [3.05, 3.63) is 67.7 Å². The molecule has 0 aliphatic carbocycles. The zero-order chi connectivity index (χ0) is 14.6. The van der Waals surface area contributed by atoms with Crippen molar-refractivity contribution in [3.8, 4) is 0 Å². The topological polar surface area (TPSA) is 0 Å². The van der Waals surface area contributed by atoms with E-state index < -0.39 is 0 Å². The Balaban J connectivity index is 2.33. The number of halogens is 4. The van der Waals surface area contributed by atoms with Gasteiger partial charge in [0.1, 0.15) is 0 Å². The minimum absolute atomic E-state index is 0.0769. The molecule has 0 saturated carbocycles. The SMILES string of the molecule is BrCC(CBr)(Cc1ccc(I)cc1)c1ccc(Br)cc1. The van der Waals surface area contributed by atoms with Gasteiger partial charge in [-0.15, -0.1) is 0 Å². The third-order valence-electron chi connectivity index (χ3n) is 3.42. The molecule has 0 fully saturated rings. The molecule has 0 unspecified atom stereocenters. The molecule has 0 heterocycles. The molecule has 0 nitrogen and oxygen atoms in total. The minimum atomic E-state index is 0.0769. The van der Waals surface area contributed by atoms with Crippen LogP contribution in [0.4, 0.5) is 0 Å². The van der Waals surface area contributed by atoms with Crippen LogP contribution in [0.15, 0.2) is 53.0 Å². The number of hydrogen-bond acceptors (Lipinski definition) is 0. The van der Waals surface area contributed by atoms with Crippen molar-refractivity contribution in [3.63, 3.8) is 0 Å². The smallest absolute Gasteiger partial charge is 0.0187 e. The molecule has 2 aromatic carbocycles. The standard InChI is InChI=1S/C16H14Br3I/c17-10-16(11-18,13-3-5-14(19)6-4-13)9-12-1-7-15(20)8-2-12/h1-8H,9-11H2. The summed E-state index contributed by atoms with van der Waals surface area (Å²) in [6.45, 7) is 0. The van der Waals surface area contributed by atoms with Crippen molar-refractivity contribution in [2.45, 2.75) is 11.8 Å². The first-order valence-corrected chi connectivity index (χ1v) is 10.3. The molecule has 4 heteroatoms. The van der Waals surface area contributed by atoms with Gasteiger partial charge in [0.25, 0.3) is 0 Å². The molecular formula is C16H14Br3I. The molecule has 0 aromatic heterocycles. The van der Waals surface area contributed by atoms with Crippen molar-refractivity contribution >= 4 is 70.4 Å². The van der Waals surface area contributed by atoms with Gasteiger partial charge in [-0.2, -0.15) is 0 Å². The summed E-state index contributed by atoms with van der Waals surface area (Å²) in [7, 11) is 0. The molecule has 0 N–H and O–H groups in total. The van der Waals surface area contributed by atoms with E-state index in [1.165, 1.54) is 14.7 Å². The molecule has 0 spiro atoms. The van der Waals surface area contributed by atoms with Gasteiger partial charge in [-0.1, -0.05) is 72.1 Å². The fraction of sp³-hybridized carbons (Fsp3) is 0.250. The first-order valence-electron chi connectivity index (χ1n) is 6.22. The number of alkyl halides is 2. The summed E-state index contributed by atoms with van der Waals surface area (Å²) < 4.78 is 2.40. The third-order valence-corrected chi connectivity index (χ3v) is 6.82. The van der Waals surface area contributed by atoms with E-state index in [2.05, 4.69) is 119 Å². The van der Waals surface area contributed by atoms with Crippen LogP contribution in [0.3, 0.4) is 0 Å². The van der Waals surface area contributed by atoms with Crippen molar-refractivity contribution in [2.75, 3.05) is 10.7 Å². The fourth-order valence-corrected chi connectivity index (χ4v) is 4.78. The second kappa shape index (κ2) is 7.75. The Kier molecular flexibility index (Phi) is 6.57. The Morgan fingerprint density at radius 1 is 0.850 bits per heavy atom. The van der Waals surface area contributed by atoms with Crippen molar-refractivity contribution < 1.29 is 0 Å². The number of benzene rings is 2. The monoisotopic (exact) mass is 570 g/mol. The van der Waals surface area contributed by atoms with E-state index in [9.17, 15) is 0 Å². The van der Waals surface area contributed by atoms with E-state index in [0.717, 1.165) is 21.6 Å². The molecule has 106 valence electrons. The first kappa shape index (κ1) is 17.0. The largest absolute Gasteiger partial charge is 0.0918 e. The van der Waals surface area contributed by atoms with Crippen molar-refractivity contribution in [1.29, 1.82) is 0 Å². The Morgan fingerprint density at radius 3 is 1.90 bits per heavy atom. The highest BCUT2D eigenvalue weighted by atomic mass is 127. The highest BCUT2D eigenvalue weighted by Crippen LogP contribution is 2.33. The summed E-state index contributed by atoms with van der Waals surface area (Å²) in [5.74, 6) is 0. The van der Waals surface area contributed by atoms with Gasteiger partial charge in [0, 0.05) is 24.1 Å². The van der Waals surface area contributed by atoms with Gasteiger partial charge >= 0.3 is 0 Å².